The van der Waals surface area contributed by atoms with Crippen molar-refractivity contribution >= 4 is 17.5 Å². The van der Waals surface area contributed by atoms with Crippen molar-refractivity contribution in [3.63, 3.8) is 0 Å². The molecular formula is C23H25ClFN3O2. The Bertz CT molecular complexity index is 932. The van der Waals surface area contributed by atoms with Crippen molar-refractivity contribution in [2.45, 2.75) is 18.1 Å². The van der Waals surface area contributed by atoms with Crippen LogP contribution in [-0.4, -0.2) is 78.1 Å². The number of likely N-dealkylation sites (tertiary alicyclic amines) is 1. The quantitative estimate of drug-likeness (QED) is 0.751. The van der Waals surface area contributed by atoms with Crippen molar-refractivity contribution in [2.24, 2.45) is 0 Å². The molecule has 3 saturated heterocycles. The van der Waals surface area contributed by atoms with Crippen molar-refractivity contribution < 1.29 is 13.9 Å². The fraction of sp³-hybridized carbons (Fsp3) is 0.435. The zero-order valence-corrected chi connectivity index (χ0v) is 17.5. The van der Waals surface area contributed by atoms with Gasteiger partial charge in [-0.3, -0.25) is 14.6 Å². The van der Waals surface area contributed by atoms with Crippen molar-refractivity contribution in [2.75, 3.05) is 45.9 Å². The van der Waals surface area contributed by atoms with Gasteiger partial charge in [0.05, 0.1) is 24.8 Å². The van der Waals surface area contributed by atoms with Gasteiger partial charge in [0.15, 0.2) is 0 Å². The summed E-state index contributed by atoms with van der Waals surface area (Å²) in [7, 11) is 0. The molecule has 0 N–H and O–H groups in total. The summed E-state index contributed by atoms with van der Waals surface area (Å²) in [4.78, 5) is 19.9. The Hall–Kier alpha value is -1.99. The number of hydrogen-bond donors (Lipinski definition) is 0. The van der Waals surface area contributed by atoms with Crippen LogP contribution in [0.25, 0.3) is 0 Å². The molecule has 0 aliphatic carbocycles. The van der Waals surface area contributed by atoms with E-state index in [1.54, 1.807) is 30.3 Å². The predicted molar refractivity (Wildman–Crippen MR) is 113 cm³/mol. The number of rotatable bonds is 3. The van der Waals surface area contributed by atoms with E-state index in [0.29, 0.717) is 36.8 Å². The summed E-state index contributed by atoms with van der Waals surface area (Å²) in [6.07, 6.45) is 0. The van der Waals surface area contributed by atoms with Gasteiger partial charge in [-0.25, -0.2) is 4.39 Å². The van der Waals surface area contributed by atoms with Gasteiger partial charge in [0, 0.05) is 55.4 Å². The summed E-state index contributed by atoms with van der Waals surface area (Å²) >= 11 is 5.98. The lowest BCUT2D eigenvalue weighted by atomic mass is 9.82. The van der Waals surface area contributed by atoms with Crippen LogP contribution in [0, 0.1) is 5.82 Å². The highest BCUT2D eigenvalue weighted by Gasteiger charge is 2.54. The van der Waals surface area contributed by atoms with Crippen molar-refractivity contribution in [1.29, 1.82) is 0 Å². The molecule has 7 heteroatoms. The van der Waals surface area contributed by atoms with Gasteiger partial charge in [-0.2, -0.15) is 0 Å². The van der Waals surface area contributed by atoms with Crippen LogP contribution < -0.4 is 0 Å². The van der Waals surface area contributed by atoms with Crippen LogP contribution in [0.3, 0.4) is 0 Å². The summed E-state index contributed by atoms with van der Waals surface area (Å²) in [5, 5.41) is 0.622. The van der Waals surface area contributed by atoms with E-state index >= 15 is 0 Å². The summed E-state index contributed by atoms with van der Waals surface area (Å²) in [5.41, 5.74) is 1.28. The van der Waals surface area contributed by atoms with E-state index in [-0.39, 0.29) is 23.3 Å². The fourth-order valence-corrected chi connectivity index (χ4v) is 5.30. The molecule has 0 saturated carbocycles. The minimum absolute atomic E-state index is 0.0313. The molecule has 3 aliphatic rings. The number of carbonyl (C=O) groups is 1. The summed E-state index contributed by atoms with van der Waals surface area (Å²) in [6.45, 7) is 5.81. The summed E-state index contributed by atoms with van der Waals surface area (Å²) in [5.74, 6) is -0.130. The van der Waals surface area contributed by atoms with Crippen LogP contribution >= 0.6 is 11.6 Å². The van der Waals surface area contributed by atoms with Crippen LogP contribution in [0.4, 0.5) is 4.39 Å². The molecule has 1 amide bonds. The van der Waals surface area contributed by atoms with Gasteiger partial charge in [-0.05, 0) is 30.3 Å². The molecule has 1 spiro atoms. The van der Waals surface area contributed by atoms with Gasteiger partial charge in [0.25, 0.3) is 5.91 Å². The zero-order chi connectivity index (χ0) is 20.7. The van der Waals surface area contributed by atoms with E-state index in [2.05, 4.69) is 9.80 Å². The smallest absolute Gasteiger partial charge is 0.253 e. The van der Waals surface area contributed by atoms with E-state index in [1.807, 2.05) is 17.0 Å². The number of benzene rings is 2. The Balaban J connectivity index is 1.33. The average Bonchev–Trinajstić information content (AvgIpc) is 2.74. The number of halogens is 2. The molecule has 158 valence electrons. The van der Waals surface area contributed by atoms with E-state index in [1.165, 1.54) is 6.07 Å². The third-order valence-electron chi connectivity index (χ3n) is 6.52. The number of amides is 1. The Kier molecular flexibility index (Phi) is 5.27. The third-order valence-corrected chi connectivity index (χ3v) is 6.77. The highest BCUT2D eigenvalue weighted by atomic mass is 35.5. The SMILES string of the molecule is O=C(c1ccc(Cl)cc1)N1CC2COCCN2C2(CN(Cc3ccccc3F)C2)C1. The standard InChI is InChI=1S/C23H25ClFN3O2/c24-19-7-5-17(6-8-19)22(29)27-12-20-13-30-10-9-28(20)23(16-27)14-26(15-23)11-18-3-1-2-4-21(18)25/h1-8,20H,9-16H2. The first-order valence-corrected chi connectivity index (χ1v) is 10.8. The van der Waals surface area contributed by atoms with Gasteiger partial charge < -0.3 is 9.64 Å². The Morgan fingerprint density at radius 2 is 1.90 bits per heavy atom. The third kappa shape index (κ3) is 3.62. The average molecular weight is 430 g/mol. The Morgan fingerprint density at radius 3 is 2.67 bits per heavy atom. The van der Waals surface area contributed by atoms with Crippen molar-refractivity contribution in [3.05, 3.63) is 70.5 Å². The predicted octanol–water partition coefficient (Wildman–Crippen LogP) is 2.89. The fourth-order valence-electron chi connectivity index (χ4n) is 5.17. The van der Waals surface area contributed by atoms with Gasteiger partial charge in [-0.1, -0.05) is 29.8 Å². The van der Waals surface area contributed by atoms with Crippen LogP contribution in [0.15, 0.2) is 48.5 Å². The van der Waals surface area contributed by atoms with Gasteiger partial charge in [-0.15, -0.1) is 0 Å². The lowest BCUT2D eigenvalue weighted by Gasteiger charge is -2.63. The number of morpholine rings is 1. The minimum Gasteiger partial charge on any atom is -0.378 e. The largest absolute Gasteiger partial charge is 0.378 e. The molecule has 1 unspecified atom stereocenters. The van der Waals surface area contributed by atoms with Crippen LogP contribution in [-0.2, 0) is 11.3 Å². The molecule has 0 bridgehead atoms. The zero-order valence-electron chi connectivity index (χ0n) is 16.8. The van der Waals surface area contributed by atoms with E-state index in [9.17, 15) is 9.18 Å². The highest BCUT2D eigenvalue weighted by Crippen LogP contribution is 2.37. The Labute approximate surface area is 181 Å². The van der Waals surface area contributed by atoms with Gasteiger partial charge in [0.1, 0.15) is 5.82 Å². The number of carbonyl (C=O) groups excluding carboxylic acids is 1. The van der Waals surface area contributed by atoms with Crippen LogP contribution in [0.2, 0.25) is 5.02 Å². The molecule has 5 rings (SSSR count). The molecule has 3 fully saturated rings. The molecule has 1 atom stereocenters. The van der Waals surface area contributed by atoms with Crippen molar-refractivity contribution in [1.82, 2.24) is 14.7 Å². The maximum absolute atomic E-state index is 14.1. The topological polar surface area (TPSA) is 36.0 Å². The van der Waals surface area contributed by atoms with E-state index < -0.39 is 0 Å². The maximum atomic E-state index is 14.1. The molecule has 2 aromatic rings. The summed E-state index contributed by atoms with van der Waals surface area (Å²) in [6, 6.07) is 14.2. The first-order chi connectivity index (χ1) is 14.5. The first-order valence-electron chi connectivity index (χ1n) is 10.4. The van der Waals surface area contributed by atoms with Gasteiger partial charge >= 0.3 is 0 Å². The van der Waals surface area contributed by atoms with Crippen LogP contribution in [0.5, 0.6) is 0 Å². The molecule has 5 nitrogen and oxygen atoms in total. The second kappa shape index (κ2) is 7.93. The lowest BCUT2D eigenvalue weighted by molar-refractivity contribution is -0.160. The monoisotopic (exact) mass is 429 g/mol. The molecule has 0 radical (unpaired) electrons. The van der Waals surface area contributed by atoms with Crippen molar-refractivity contribution in [3.8, 4) is 0 Å². The number of nitrogens with zero attached hydrogens (tertiary/aromatic N) is 3. The summed E-state index contributed by atoms with van der Waals surface area (Å²) < 4.78 is 19.8. The lowest BCUT2D eigenvalue weighted by Crippen LogP contribution is -2.80. The minimum atomic E-state index is -0.161. The molecule has 2 aromatic carbocycles. The molecule has 0 aromatic heterocycles. The Morgan fingerprint density at radius 1 is 1.13 bits per heavy atom. The molecule has 30 heavy (non-hydrogen) atoms. The highest BCUT2D eigenvalue weighted by molar-refractivity contribution is 6.30. The first kappa shape index (κ1) is 19.9. The normalized spacial score (nSPS) is 23.8. The molecule has 3 heterocycles. The second-order valence-corrected chi connectivity index (χ2v) is 9.01. The number of piperazine rings is 1. The number of ether oxygens (including phenoxy) is 1. The van der Waals surface area contributed by atoms with Crippen LogP contribution in [0.1, 0.15) is 15.9 Å². The van der Waals surface area contributed by atoms with Gasteiger partial charge in [0.2, 0.25) is 0 Å². The molecule has 3 aliphatic heterocycles. The second-order valence-electron chi connectivity index (χ2n) is 8.58. The maximum Gasteiger partial charge on any atom is 0.253 e. The van der Waals surface area contributed by atoms with E-state index in [4.69, 9.17) is 16.3 Å². The number of fused-ring (bicyclic) bond motifs is 2. The van der Waals surface area contributed by atoms with E-state index in [0.717, 1.165) is 31.8 Å². The molecular weight excluding hydrogens is 405 g/mol. The number of hydrogen-bond acceptors (Lipinski definition) is 4.